The molecular formula is C10H16ClN3O. The highest BCUT2D eigenvalue weighted by molar-refractivity contribution is 6.31. The Morgan fingerprint density at radius 2 is 2.33 bits per heavy atom. The van der Waals surface area contributed by atoms with Gasteiger partial charge in [0.2, 0.25) is 0 Å². The van der Waals surface area contributed by atoms with Gasteiger partial charge in [0.25, 0.3) is 0 Å². The van der Waals surface area contributed by atoms with E-state index >= 15 is 0 Å². The van der Waals surface area contributed by atoms with Crippen molar-refractivity contribution in [3.05, 3.63) is 22.8 Å². The maximum Gasteiger partial charge on any atom is 0.126 e. The zero-order valence-corrected chi connectivity index (χ0v) is 9.71. The Morgan fingerprint density at radius 1 is 1.60 bits per heavy atom. The van der Waals surface area contributed by atoms with E-state index in [4.69, 9.17) is 22.1 Å². The second-order valence-electron chi connectivity index (χ2n) is 3.26. The molecule has 84 valence electrons. The first-order chi connectivity index (χ1) is 7.17. The van der Waals surface area contributed by atoms with E-state index in [0.717, 1.165) is 5.82 Å². The van der Waals surface area contributed by atoms with Crippen molar-refractivity contribution in [1.29, 1.82) is 0 Å². The third-order valence-corrected chi connectivity index (χ3v) is 2.43. The first-order valence-electron chi connectivity index (χ1n) is 4.79. The van der Waals surface area contributed by atoms with Gasteiger partial charge in [-0.15, -0.1) is 0 Å². The summed E-state index contributed by atoms with van der Waals surface area (Å²) in [5.41, 5.74) is 6.20. The van der Waals surface area contributed by atoms with Crippen molar-refractivity contribution in [2.24, 2.45) is 5.73 Å². The van der Waals surface area contributed by atoms with Crippen molar-refractivity contribution in [3.8, 4) is 0 Å². The fourth-order valence-corrected chi connectivity index (χ4v) is 1.24. The summed E-state index contributed by atoms with van der Waals surface area (Å²) in [6, 6.07) is 3.61. The number of anilines is 1. The smallest absolute Gasteiger partial charge is 0.126 e. The zero-order chi connectivity index (χ0) is 11.3. The zero-order valence-electron chi connectivity index (χ0n) is 8.96. The van der Waals surface area contributed by atoms with Crippen molar-refractivity contribution >= 4 is 17.4 Å². The normalized spacial score (nSPS) is 12.5. The van der Waals surface area contributed by atoms with Crippen LogP contribution in [0.1, 0.15) is 12.6 Å². The fraction of sp³-hybridized carbons (Fsp3) is 0.500. The molecular weight excluding hydrogens is 214 g/mol. The summed E-state index contributed by atoms with van der Waals surface area (Å²) in [6.45, 7) is 3.02. The van der Waals surface area contributed by atoms with Crippen LogP contribution in [0.2, 0.25) is 5.02 Å². The second kappa shape index (κ2) is 5.90. The molecule has 0 radical (unpaired) electrons. The van der Waals surface area contributed by atoms with Crippen LogP contribution < -0.4 is 11.1 Å². The van der Waals surface area contributed by atoms with E-state index in [9.17, 15) is 0 Å². The van der Waals surface area contributed by atoms with E-state index in [2.05, 4.69) is 10.3 Å². The highest BCUT2D eigenvalue weighted by Crippen LogP contribution is 2.15. The molecule has 1 heterocycles. The molecule has 1 aromatic rings. The van der Waals surface area contributed by atoms with Crippen LogP contribution in [0.15, 0.2) is 12.1 Å². The number of hydrogen-bond donors (Lipinski definition) is 2. The van der Waals surface area contributed by atoms with E-state index in [-0.39, 0.29) is 6.10 Å². The van der Waals surface area contributed by atoms with E-state index < -0.39 is 0 Å². The predicted octanol–water partition coefficient (Wildman–Crippen LogP) is 1.64. The number of aromatic nitrogens is 1. The predicted molar refractivity (Wildman–Crippen MR) is 62.1 cm³/mol. The standard InChI is InChI=1S/C10H16ClN3O/c1-7(15-2)6-13-10-4-3-8(11)9(5-12)14-10/h3-4,7H,5-6,12H2,1-2H3,(H,13,14). The van der Waals surface area contributed by atoms with E-state index in [0.29, 0.717) is 23.8 Å². The number of hydrogen-bond acceptors (Lipinski definition) is 4. The van der Waals surface area contributed by atoms with Gasteiger partial charge in [-0.25, -0.2) is 4.98 Å². The first kappa shape index (κ1) is 12.2. The van der Waals surface area contributed by atoms with Gasteiger partial charge in [0.05, 0.1) is 16.8 Å². The van der Waals surface area contributed by atoms with Gasteiger partial charge in [0, 0.05) is 20.2 Å². The van der Waals surface area contributed by atoms with Crippen LogP contribution in [-0.2, 0) is 11.3 Å². The summed E-state index contributed by atoms with van der Waals surface area (Å²) in [6.07, 6.45) is 0.142. The molecule has 0 fully saturated rings. The molecule has 0 bridgehead atoms. The summed E-state index contributed by atoms with van der Waals surface area (Å²) in [5.74, 6) is 0.767. The van der Waals surface area contributed by atoms with Crippen molar-refractivity contribution < 1.29 is 4.74 Å². The Kier molecular flexibility index (Phi) is 4.81. The van der Waals surface area contributed by atoms with Crippen LogP contribution in [0.25, 0.3) is 0 Å². The first-order valence-corrected chi connectivity index (χ1v) is 5.17. The maximum absolute atomic E-state index is 5.89. The van der Waals surface area contributed by atoms with Gasteiger partial charge in [0.15, 0.2) is 0 Å². The van der Waals surface area contributed by atoms with Crippen molar-refractivity contribution in [2.45, 2.75) is 19.6 Å². The third kappa shape index (κ3) is 3.66. The largest absolute Gasteiger partial charge is 0.380 e. The number of pyridine rings is 1. The fourth-order valence-electron chi connectivity index (χ4n) is 1.06. The SMILES string of the molecule is COC(C)CNc1ccc(Cl)c(CN)n1. The Morgan fingerprint density at radius 3 is 2.93 bits per heavy atom. The van der Waals surface area contributed by atoms with Crippen molar-refractivity contribution in [1.82, 2.24) is 4.98 Å². The summed E-state index contributed by atoms with van der Waals surface area (Å²) in [4.78, 5) is 4.27. The van der Waals surface area contributed by atoms with Gasteiger partial charge in [-0.2, -0.15) is 0 Å². The molecule has 1 atom stereocenters. The highest BCUT2D eigenvalue weighted by Gasteiger charge is 2.03. The van der Waals surface area contributed by atoms with Gasteiger partial charge in [0.1, 0.15) is 5.82 Å². The lowest BCUT2D eigenvalue weighted by atomic mass is 10.3. The molecule has 0 aliphatic rings. The van der Waals surface area contributed by atoms with Gasteiger partial charge < -0.3 is 15.8 Å². The molecule has 3 N–H and O–H groups in total. The number of ether oxygens (including phenoxy) is 1. The van der Waals surface area contributed by atoms with Gasteiger partial charge in [-0.1, -0.05) is 11.6 Å². The molecule has 0 aliphatic carbocycles. The molecule has 0 saturated carbocycles. The highest BCUT2D eigenvalue weighted by atomic mass is 35.5. The number of nitrogens with two attached hydrogens (primary N) is 1. The Labute approximate surface area is 94.8 Å². The summed E-state index contributed by atoms with van der Waals surface area (Å²) in [5, 5.41) is 3.75. The third-order valence-electron chi connectivity index (χ3n) is 2.08. The Hall–Kier alpha value is -0.840. The Bertz CT molecular complexity index is 320. The van der Waals surface area contributed by atoms with Gasteiger partial charge in [-0.3, -0.25) is 0 Å². The molecule has 0 aromatic carbocycles. The van der Waals surface area contributed by atoms with Gasteiger partial charge >= 0.3 is 0 Å². The van der Waals surface area contributed by atoms with Crippen LogP contribution in [-0.4, -0.2) is 24.7 Å². The number of nitrogens with zero attached hydrogens (tertiary/aromatic N) is 1. The average molecular weight is 230 g/mol. The van der Waals surface area contributed by atoms with Crippen LogP contribution in [0.3, 0.4) is 0 Å². The Balaban J connectivity index is 2.62. The van der Waals surface area contributed by atoms with Crippen molar-refractivity contribution in [3.63, 3.8) is 0 Å². The van der Waals surface area contributed by atoms with E-state index in [1.807, 2.05) is 13.0 Å². The maximum atomic E-state index is 5.89. The van der Waals surface area contributed by atoms with Crippen molar-refractivity contribution in [2.75, 3.05) is 19.0 Å². The molecule has 4 nitrogen and oxygen atoms in total. The number of nitrogens with one attached hydrogen (secondary N) is 1. The molecule has 0 aliphatic heterocycles. The molecule has 1 unspecified atom stereocenters. The second-order valence-corrected chi connectivity index (χ2v) is 3.66. The quantitative estimate of drug-likeness (QED) is 0.806. The lowest BCUT2D eigenvalue weighted by molar-refractivity contribution is 0.128. The van der Waals surface area contributed by atoms with Crippen LogP contribution >= 0.6 is 11.6 Å². The van der Waals surface area contributed by atoms with Gasteiger partial charge in [-0.05, 0) is 19.1 Å². The molecule has 0 saturated heterocycles. The lowest BCUT2D eigenvalue weighted by Gasteiger charge is -2.12. The molecule has 15 heavy (non-hydrogen) atoms. The molecule has 1 rings (SSSR count). The average Bonchev–Trinajstić information content (AvgIpc) is 2.27. The van der Waals surface area contributed by atoms with Crippen LogP contribution in [0.4, 0.5) is 5.82 Å². The van der Waals surface area contributed by atoms with E-state index in [1.165, 1.54) is 0 Å². The minimum absolute atomic E-state index is 0.142. The minimum atomic E-state index is 0.142. The monoisotopic (exact) mass is 229 g/mol. The molecule has 0 spiro atoms. The van der Waals surface area contributed by atoms with Crippen LogP contribution in [0.5, 0.6) is 0 Å². The number of methoxy groups -OCH3 is 1. The molecule has 5 heteroatoms. The number of halogens is 1. The summed E-state index contributed by atoms with van der Waals surface area (Å²) < 4.78 is 5.11. The summed E-state index contributed by atoms with van der Waals surface area (Å²) >= 11 is 5.89. The topological polar surface area (TPSA) is 60.2 Å². The molecule has 0 amide bonds. The molecule has 1 aromatic heterocycles. The van der Waals surface area contributed by atoms with Crippen LogP contribution in [0, 0.1) is 0 Å². The van der Waals surface area contributed by atoms with E-state index in [1.54, 1.807) is 13.2 Å². The summed E-state index contributed by atoms with van der Waals surface area (Å²) in [7, 11) is 1.67. The lowest BCUT2D eigenvalue weighted by Crippen LogP contribution is -2.19. The minimum Gasteiger partial charge on any atom is -0.380 e. The number of rotatable bonds is 5.